The summed E-state index contributed by atoms with van der Waals surface area (Å²) in [7, 11) is 0. The monoisotopic (exact) mass is 275 g/mol. The molecule has 0 fully saturated rings. The van der Waals surface area contributed by atoms with E-state index in [2.05, 4.69) is 26.1 Å². The molecule has 72 valence electrons. The molecule has 0 saturated heterocycles. The molecular weight excluding hydrogens is 274 g/mol. The first-order valence-corrected chi connectivity index (χ1v) is 5.01. The molecule has 0 amide bonds. The number of hydrogen-bond acceptors (Lipinski definition) is 6. The molecular formula is C6H2BrN3O3S. The molecule has 2 aromatic rings. The lowest BCUT2D eigenvalue weighted by atomic mass is 10.5. The number of aromatic nitrogens is 2. The van der Waals surface area contributed by atoms with Crippen molar-refractivity contribution in [3.63, 3.8) is 0 Å². The van der Waals surface area contributed by atoms with Crippen molar-refractivity contribution >= 4 is 32.3 Å². The number of halogens is 1. The molecule has 6 nitrogen and oxygen atoms in total. The third kappa shape index (κ3) is 1.66. The number of thiophene rings is 1. The molecule has 2 heterocycles. The van der Waals surface area contributed by atoms with Crippen LogP contribution in [0.2, 0.25) is 0 Å². The van der Waals surface area contributed by atoms with Gasteiger partial charge in [-0.25, -0.2) is 0 Å². The zero-order chi connectivity index (χ0) is 10.1. The Bertz CT molecular complexity index is 480. The Morgan fingerprint density at radius 1 is 1.57 bits per heavy atom. The van der Waals surface area contributed by atoms with Gasteiger partial charge >= 0.3 is 5.00 Å². The van der Waals surface area contributed by atoms with E-state index in [0.717, 1.165) is 11.3 Å². The molecule has 0 saturated carbocycles. The van der Waals surface area contributed by atoms with Gasteiger partial charge in [-0.05, 0) is 27.2 Å². The van der Waals surface area contributed by atoms with E-state index in [1.807, 2.05) is 0 Å². The van der Waals surface area contributed by atoms with Gasteiger partial charge in [0.15, 0.2) is 0 Å². The Morgan fingerprint density at radius 2 is 2.36 bits per heavy atom. The quantitative estimate of drug-likeness (QED) is 0.621. The second-order valence-electron chi connectivity index (χ2n) is 2.26. The van der Waals surface area contributed by atoms with Gasteiger partial charge in [-0.1, -0.05) is 11.3 Å². The fraction of sp³-hybridized carbons (Fsp3) is 0. The number of hydrogen-bond donors (Lipinski definition) is 0. The van der Waals surface area contributed by atoms with Crippen molar-refractivity contribution in [2.75, 3.05) is 0 Å². The van der Waals surface area contributed by atoms with Crippen molar-refractivity contribution in [2.24, 2.45) is 0 Å². The van der Waals surface area contributed by atoms with Crippen LogP contribution in [0.25, 0.3) is 10.8 Å². The van der Waals surface area contributed by atoms with Crippen molar-refractivity contribution in [1.29, 1.82) is 0 Å². The third-order valence-corrected chi connectivity index (χ3v) is 2.73. The second kappa shape index (κ2) is 3.46. The van der Waals surface area contributed by atoms with Gasteiger partial charge in [0.05, 0.1) is 9.80 Å². The van der Waals surface area contributed by atoms with Crippen LogP contribution in [0, 0.1) is 10.1 Å². The lowest BCUT2D eigenvalue weighted by Crippen LogP contribution is -1.80. The van der Waals surface area contributed by atoms with Gasteiger partial charge in [-0.3, -0.25) is 10.1 Å². The largest absolute Gasteiger partial charge is 0.332 e. The minimum Gasteiger partial charge on any atom is -0.332 e. The van der Waals surface area contributed by atoms with E-state index in [9.17, 15) is 10.1 Å². The van der Waals surface area contributed by atoms with E-state index in [1.165, 1.54) is 6.07 Å². The van der Waals surface area contributed by atoms with E-state index in [1.54, 1.807) is 6.07 Å². The molecule has 0 radical (unpaired) electrons. The predicted octanol–water partition coefficient (Wildman–Crippen LogP) is 2.47. The van der Waals surface area contributed by atoms with E-state index in [4.69, 9.17) is 4.52 Å². The molecule has 2 rings (SSSR count). The van der Waals surface area contributed by atoms with Crippen molar-refractivity contribution in [1.82, 2.24) is 10.1 Å². The van der Waals surface area contributed by atoms with Crippen LogP contribution in [-0.4, -0.2) is 15.1 Å². The number of nitrogens with zero attached hydrogens (tertiary/aromatic N) is 3. The fourth-order valence-corrected chi connectivity index (χ4v) is 1.82. The van der Waals surface area contributed by atoms with Gasteiger partial charge in [0.25, 0.3) is 5.89 Å². The molecule has 0 aliphatic rings. The van der Waals surface area contributed by atoms with Crippen LogP contribution in [-0.2, 0) is 0 Å². The van der Waals surface area contributed by atoms with E-state index in [-0.39, 0.29) is 10.9 Å². The average Bonchev–Trinajstić information content (AvgIpc) is 2.70. The molecule has 0 unspecified atom stereocenters. The Hall–Kier alpha value is -1.28. The van der Waals surface area contributed by atoms with Crippen molar-refractivity contribution in [3.8, 4) is 10.8 Å². The lowest BCUT2D eigenvalue weighted by Gasteiger charge is -1.82. The van der Waals surface area contributed by atoms with Gasteiger partial charge in [0.2, 0.25) is 4.73 Å². The Kier molecular flexibility index (Phi) is 2.30. The summed E-state index contributed by atoms with van der Waals surface area (Å²) in [5.74, 6) is 0.273. The normalized spacial score (nSPS) is 10.4. The van der Waals surface area contributed by atoms with Crippen LogP contribution in [0.4, 0.5) is 5.00 Å². The minimum atomic E-state index is -0.459. The summed E-state index contributed by atoms with van der Waals surface area (Å²) < 4.78 is 5.15. The van der Waals surface area contributed by atoms with Crippen molar-refractivity contribution < 1.29 is 9.45 Å². The summed E-state index contributed by atoms with van der Waals surface area (Å²) >= 11 is 4.01. The van der Waals surface area contributed by atoms with Crippen LogP contribution >= 0.6 is 27.3 Å². The highest BCUT2D eigenvalue weighted by Gasteiger charge is 2.15. The number of rotatable bonds is 2. The Balaban J connectivity index is 2.38. The highest BCUT2D eigenvalue weighted by Crippen LogP contribution is 2.31. The van der Waals surface area contributed by atoms with Crippen LogP contribution in [0.1, 0.15) is 0 Å². The van der Waals surface area contributed by atoms with Gasteiger partial charge in [0, 0.05) is 6.07 Å². The summed E-state index contributed by atoms with van der Waals surface area (Å²) in [4.78, 5) is 14.4. The van der Waals surface area contributed by atoms with Crippen LogP contribution < -0.4 is 0 Å². The SMILES string of the molecule is O=[N+]([O-])c1ccc(-c2nc(Br)no2)s1. The molecule has 0 aromatic carbocycles. The van der Waals surface area contributed by atoms with E-state index >= 15 is 0 Å². The molecule has 0 bridgehead atoms. The molecule has 0 N–H and O–H groups in total. The van der Waals surface area contributed by atoms with Crippen molar-refractivity contribution in [2.45, 2.75) is 0 Å². The van der Waals surface area contributed by atoms with Gasteiger partial charge in [-0.2, -0.15) is 4.98 Å². The summed E-state index contributed by atoms with van der Waals surface area (Å²) in [6.07, 6.45) is 0. The molecule has 8 heteroatoms. The molecule has 14 heavy (non-hydrogen) atoms. The highest BCUT2D eigenvalue weighted by atomic mass is 79.9. The molecule has 0 atom stereocenters. The Morgan fingerprint density at radius 3 is 2.86 bits per heavy atom. The standard InChI is InChI=1S/C6H2BrN3O3S/c7-6-8-5(13-9-6)3-1-2-4(14-3)10(11)12/h1-2H. The first kappa shape index (κ1) is 9.28. The van der Waals surface area contributed by atoms with E-state index in [0.29, 0.717) is 9.61 Å². The topological polar surface area (TPSA) is 82.1 Å². The van der Waals surface area contributed by atoms with Crippen LogP contribution in [0.5, 0.6) is 0 Å². The maximum absolute atomic E-state index is 10.4. The molecule has 0 aliphatic heterocycles. The van der Waals surface area contributed by atoms with Crippen LogP contribution in [0.3, 0.4) is 0 Å². The molecule has 0 aliphatic carbocycles. The maximum Gasteiger partial charge on any atom is 0.324 e. The Labute approximate surface area is 89.8 Å². The summed E-state index contributed by atoms with van der Waals surface area (Å²) in [6, 6.07) is 2.97. The summed E-state index contributed by atoms with van der Waals surface area (Å²) in [6.45, 7) is 0. The lowest BCUT2D eigenvalue weighted by molar-refractivity contribution is -0.380. The summed E-state index contributed by atoms with van der Waals surface area (Å²) in [5.41, 5.74) is 0. The smallest absolute Gasteiger partial charge is 0.324 e. The minimum absolute atomic E-state index is 0.0503. The zero-order valence-electron chi connectivity index (χ0n) is 6.51. The average molecular weight is 276 g/mol. The van der Waals surface area contributed by atoms with E-state index < -0.39 is 4.92 Å². The van der Waals surface area contributed by atoms with Crippen LogP contribution in [0.15, 0.2) is 21.4 Å². The van der Waals surface area contributed by atoms with Gasteiger partial charge < -0.3 is 4.52 Å². The first-order valence-electron chi connectivity index (χ1n) is 3.40. The second-order valence-corrected chi connectivity index (χ2v) is 4.04. The van der Waals surface area contributed by atoms with Crippen molar-refractivity contribution in [3.05, 3.63) is 27.0 Å². The third-order valence-electron chi connectivity index (χ3n) is 1.38. The predicted molar refractivity (Wildman–Crippen MR) is 52.0 cm³/mol. The molecule has 2 aromatic heterocycles. The highest BCUT2D eigenvalue weighted by molar-refractivity contribution is 9.10. The zero-order valence-corrected chi connectivity index (χ0v) is 8.91. The fourth-order valence-electron chi connectivity index (χ4n) is 0.846. The maximum atomic E-state index is 10.4. The molecule has 0 spiro atoms. The first-order chi connectivity index (χ1) is 6.66. The summed E-state index contributed by atoms with van der Waals surface area (Å²) in [5, 5.41) is 14.0. The van der Waals surface area contributed by atoms with Gasteiger partial charge in [0.1, 0.15) is 0 Å². The van der Waals surface area contributed by atoms with Gasteiger partial charge in [-0.15, -0.1) is 0 Å². The number of nitro groups is 1.